The van der Waals surface area contributed by atoms with Crippen LogP contribution in [-0.4, -0.2) is 30.5 Å². The highest BCUT2D eigenvalue weighted by Crippen LogP contribution is 2.51. The quantitative estimate of drug-likeness (QED) is 0.354. The Balaban J connectivity index is 5.87. The molecule has 1 atom stereocenters. The van der Waals surface area contributed by atoms with Gasteiger partial charge >= 0.3 is 42.6 Å². The molecule has 0 heterocycles. The van der Waals surface area contributed by atoms with E-state index in [0.29, 0.717) is 0 Å². The van der Waals surface area contributed by atoms with Crippen molar-refractivity contribution in [3.8, 4) is 6.07 Å². The Bertz CT molecular complexity index is 561. The largest absolute Gasteiger partial charge is 0.541 e. The Morgan fingerprint density at radius 3 is 1.52 bits per heavy atom. The molecule has 0 aromatic heterocycles. The molecule has 0 fully saturated rings. The summed E-state index contributed by atoms with van der Waals surface area (Å²) in [5.74, 6) is -7.11. The third kappa shape index (κ3) is 5.52. The molecule has 4 nitrogen and oxygen atoms in total. The maximum atomic E-state index is 13.3. The lowest BCUT2D eigenvalue weighted by Gasteiger charge is -2.35. The molecule has 0 N–H and O–H groups in total. The first-order valence-electron chi connectivity index (χ1n) is 4.91. The third-order valence-corrected chi connectivity index (χ3v) is 1.74. The lowest BCUT2D eigenvalue weighted by atomic mass is 10.2. The zero-order valence-corrected chi connectivity index (χ0v) is 10.6. The van der Waals surface area contributed by atoms with Gasteiger partial charge in [-0.1, -0.05) is 0 Å². The summed E-state index contributed by atoms with van der Waals surface area (Å²) in [5.41, 5.74) is 0. The molecule has 0 aromatic rings. The average Bonchev–Trinajstić information content (AvgIpc) is 2.34. The van der Waals surface area contributed by atoms with Crippen LogP contribution in [0.5, 0.6) is 0 Å². The summed E-state index contributed by atoms with van der Waals surface area (Å²) in [5, 5.41) is 7.64. The van der Waals surface area contributed by atoms with E-state index in [1.807, 2.05) is 4.74 Å². The number of nitrogens with zero attached hydrogens (tertiary/aromatic N) is 1. The second-order valence-electron chi connectivity index (χ2n) is 3.54. The number of hydrogen-bond acceptors (Lipinski definition) is 4. The molecule has 0 aliphatic carbocycles. The van der Waals surface area contributed by atoms with Crippen LogP contribution in [0.3, 0.4) is 0 Å². The molecule has 1 unspecified atom stereocenters. The highest BCUT2D eigenvalue weighted by molar-refractivity contribution is 4.93. The van der Waals surface area contributed by atoms with Crippen LogP contribution in [0, 0.1) is 11.3 Å². The van der Waals surface area contributed by atoms with Crippen LogP contribution in [0.15, 0.2) is 12.1 Å². The first-order chi connectivity index (χ1) is 10.8. The molecule has 0 aromatic carbocycles. The van der Waals surface area contributed by atoms with Gasteiger partial charge in [0, 0.05) is 0 Å². The minimum absolute atomic E-state index is 0.519. The number of alkyl halides is 10. The van der Waals surface area contributed by atoms with Gasteiger partial charge in [0.05, 0.1) is 0 Å². The van der Waals surface area contributed by atoms with Crippen LogP contribution >= 0.6 is 0 Å². The van der Waals surface area contributed by atoms with E-state index in [9.17, 15) is 57.1 Å². The molecule has 0 aliphatic rings. The SMILES string of the molecule is N#CC(F)(F)OC(F)(C(F)(F)F)C(F)(F)OC(F)(F)OC(F)=C(F)F. The van der Waals surface area contributed by atoms with Gasteiger partial charge in [0.25, 0.3) is 0 Å². The van der Waals surface area contributed by atoms with Crippen LogP contribution in [0.2, 0.25) is 0 Å². The fourth-order valence-electron chi connectivity index (χ4n) is 0.860. The van der Waals surface area contributed by atoms with Gasteiger partial charge in [-0.15, -0.1) is 8.78 Å². The molecule has 17 heteroatoms. The fourth-order valence-corrected chi connectivity index (χ4v) is 0.860. The van der Waals surface area contributed by atoms with Crippen molar-refractivity contribution < 1.29 is 71.3 Å². The Hall–Kier alpha value is -1.96. The standard InChI is InChI=1S/C8F13NO3/c9-2(10)3(11)23-8(20,21)25-7(18,19)5(14,6(15,16)17)24-4(12,13)1-22. The van der Waals surface area contributed by atoms with Gasteiger partial charge in [0.15, 0.2) is 6.07 Å². The molecule has 25 heavy (non-hydrogen) atoms. The number of hydrogen-bond donors (Lipinski definition) is 0. The summed E-state index contributed by atoms with van der Waals surface area (Å²) in [7, 11) is 0. The van der Waals surface area contributed by atoms with Crippen molar-refractivity contribution in [1.82, 2.24) is 0 Å². The van der Waals surface area contributed by atoms with Gasteiger partial charge in [0.2, 0.25) is 0 Å². The highest BCUT2D eigenvalue weighted by atomic mass is 19.4. The predicted octanol–water partition coefficient (Wildman–Crippen LogP) is 4.56. The van der Waals surface area contributed by atoms with Crippen molar-refractivity contribution in [1.29, 1.82) is 5.26 Å². The van der Waals surface area contributed by atoms with Crippen LogP contribution in [0.1, 0.15) is 0 Å². The third-order valence-electron chi connectivity index (χ3n) is 1.74. The number of halogens is 13. The molecule has 0 spiro atoms. The van der Waals surface area contributed by atoms with Crippen LogP contribution in [0.25, 0.3) is 0 Å². The van der Waals surface area contributed by atoms with Crippen molar-refractivity contribution in [2.24, 2.45) is 0 Å². The van der Waals surface area contributed by atoms with E-state index >= 15 is 0 Å². The van der Waals surface area contributed by atoms with E-state index in [1.165, 1.54) is 0 Å². The average molecular weight is 405 g/mol. The van der Waals surface area contributed by atoms with Crippen LogP contribution in [0.4, 0.5) is 57.1 Å². The van der Waals surface area contributed by atoms with E-state index in [4.69, 9.17) is 5.26 Å². The van der Waals surface area contributed by atoms with E-state index in [2.05, 4.69) is 4.74 Å². The molecule has 0 bridgehead atoms. The maximum Gasteiger partial charge on any atom is 0.541 e. The van der Waals surface area contributed by atoms with Crippen molar-refractivity contribution in [2.75, 3.05) is 0 Å². The lowest BCUT2D eigenvalue weighted by Crippen LogP contribution is -2.62. The number of nitriles is 1. The molecule has 0 radical (unpaired) electrons. The summed E-state index contributed by atoms with van der Waals surface area (Å²) in [6.45, 7) is 0. The zero-order chi connectivity index (χ0) is 20.5. The number of rotatable bonds is 7. The van der Waals surface area contributed by atoms with Gasteiger partial charge in [-0.25, -0.2) is 4.74 Å². The molecular weight excluding hydrogens is 405 g/mol. The summed E-state index contributed by atoms with van der Waals surface area (Å²) in [6.07, 6.45) is -30.5. The van der Waals surface area contributed by atoms with E-state index < -0.39 is 48.7 Å². The smallest absolute Gasteiger partial charge is 0.378 e. The first kappa shape index (κ1) is 23.0. The minimum atomic E-state index is -7.24. The Morgan fingerprint density at radius 2 is 1.20 bits per heavy atom. The van der Waals surface area contributed by atoms with Crippen molar-refractivity contribution in [3.05, 3.63) is 12.1 Å². The summed E-state index contributed by atoms with van der Waals surface area (Å²) < 4.78 is 167. The molecule has 0 rings (SSSR count). The minimum Gasteiger partial charge on any atom is -0.378 e. The van der Waals surface area contributed by atoms with E-state index in [1.54, 1.807) is 4.74 Å². The monoisotopic (exact) mass is 405 g/mol. The first-order valence-corrected chi connectivity index (χ1v) is 4.91. The van der Waals surface area contributed by atoms with Crippen LogP contribution in [-0.2, 0) is 14.2 Å². The van der Waals surface area contributed by atoms with Gasteiger partial charge in [-0.05, 0) is 0 Å². The molecule has 146 valence electrons. The van der Waals surface area contributed by atoms with Crippen LogP contribution < -0.4 is 0 Å². The molecule has 0 saturated carbocycles. The second-order valence-corrected chi connectivity index (χ2v) is 3.54. The summed E-state index contributed by atoms with van der Waals surface area (Å²) >= 11 is 0. The summed E-state index contributed by atoms with van der Waals surface area (Å²) in [6, 6.07) is -4.14. The Kier molecular flexibility index (Phi) is 6.21. The fraction of sp³-hybridized carbons (Fsp3) is 0.625. The second kappa shape index (κ2) is 6.74. The molecule has 0 amide bonds. The van der Waals surface area contributed by atoms with Gasteiger partial charge < -0.3 is 4.74 Å². The Labute approximate surface area is 126 Å². The molecule has 0 aliphatic heterocycles. The van der Waals surface area contributed by atoms with Crippen molar-refractivity contribution >= 4 is 0 Å². The molecular formula is C8F13NO3. The topological polar surface area (TPSA) is 51.5 Å². The maximum absolute atomic E-state index is 13.3. The highest BCUT2D eigenvalue weighted by Gasteiger charge is 2.79. The molecule has 0 saturated heterocycles. The zero-order valence-electron chi connectivity index (χ0n) is 10.6. The Morgan fingerprint density at radius 1 is 0.760 bits per heavy atom. The normalized spacial score (nSPS) is 16.0. The van der Waals surface area contributed by atoms with E-state index in [0.717, 1.165) is 0 Å². The summed E-state index contributed by atoms with van der Waals surface area (Å²) in [4.78, 5) is 0. The predicted molar refractivity (Wildman–Crippen MR) is 44.0 cm³/mol. The van der Waals surface area contributed by atoms with Gasteiger partial charge in [-0.2, -0.15) is 53.6 Å². The lowest BCUT2D eigenvalue weighted by molar-refractivity contribution is -0.546. The van der Waals surface area contributed by atoms with E-state index in [-0.39, 0.29) is 0 Å². The number of ether oxygens (including phenoxy) is 3. The van der Waals surface area contributed by atoms with Crippen molar-refractivity contribution in [2.45, 2.75) is 30.5 Å². The van der Waals surface area contributed by atoms with Gasteiger partial charge in [0.1, 0.15) is 0 Å². The van der Waals surface area contributed by atoms with Crippen molar-refractivity contribution in [3.63, 3.8) is 0 Å². The van der Waals surface area contributed by atoms with Gasteiger partial charge in [-0.3, -0.25) is 4.74 Å².